The summed E-state index contributed by atoms with van der Waals surface area (Å²) in [6, 6.07) is 2.58. The Balaban J connectivity index is 2.58. The fourth-order valence-electron chi connectivity index (χ4n) is 1.72. The van der Waals surface area contributed by atoms with Crippen LogP contribution >= 0.6 is 0 Å². The van der Waals surface area contributed by atoms with Crippen LogP contribution in [-0.2, 0) is 0 Å². The predicted octanol–water partition coefficient (Wildman–Crippen LogP) is 3.15. The third-order valence-electron chi connectivity index (χ3n) is 3.20. The fraction of sp³-hybridized carbons (Fsp3) is 0.571. The molecule has 0 unspecified atom stereocenters. The molecule has 0 bridgehead atoms. The van der Waals surface area contributed by atoms with E-state index in [-0.39, 0.29) is 5.69 Å². The van der Waals surface area contributed by atoms with Gasteiger partial charge in [0.2, 0.25) is 0 Å². The van der Waals surface area contributed by atoms with Crippen LogP contribution in [0.25, 0.3) is 0 Å². The summed E-state index contributed by atoms with van der Waals surface area (Å²) in [4.78, 5) is 2.18. The molecule has 0 spiro atoms. The average molecular weight is 305 g/mol. The molecular formula is C14H22F3N3O. The van der Waals surface area contributed by atoms with Crippen molar-refractivity contribution in [2.24, 2.45) is 0 Å². The van der Waals surface area contributed by atoms with Gasteiger partial charge < -0.3 is 20.7 Å². The summed E-state index contributed by atoms with van der Waals surface area (Å²) in [5.74, 6) is -1.42. The molecule has 0 aliphatic rings. The zero-order chi connectivity index (χ0) is 16.0. The maximum atomic E-state index is 13.4. The van der Waals surface area contributed by atoms with E-state index in [0.29, 0.717) is 18.3 Å². The van der Waals surface area contributed by atoms with Crippen LogP contribution in [-0.4, -0.2) is 37.7 Å². The van der Waals surface area contributed by atoms with Gasteiger partial charge in [0.15, 0.2) is 11.6 Å². The van der Waals surface area contributed by atoms with E-state index in [2.05, 4.69) is 28.8 Å². The second kappa shape index (κ2) is 7.97. The molecule has 21 heavy (non-hydrogen) atoms. The number of nitrogens with one attached hydrogen (secondary N) is 1. The molecule has 120 valence electrons. The smallest absolute Gasteiger partial charge is 0.387 e. The molecule has 1 rings (SSSR count). The molecule has 7 heteroatoms. The van der Waals surface area contributed by atoms with Gasteiger partial charge in [0.25, 0.3) is 0 Å². The van der Waals surface area contributed by atoms with Crippen molar-refractivity contribution in [2.45, 2.75) is 32.9 Å². The lowest BCUT2D eigenvalue weighted by atomic mass is 10.2. The van der Waals surface area contributed by atoms with E-state index in [1.807, 2.05) is 7.05 Å². The van der Waals surface area contributed by atoms with E-state index in [1.165, 1.54) is 0 Å². The Bertz CT molecular complexity index is 455. The highest BCUT2D eigenvalue weighted by molar-refractivity contribution is 5.68. The van der Waals surface area contributed by atoms with Crippen molar-refractivity contribution in [3.05, 3.63) is 17.9 Å². The minimum Gasteiger partial charge on any atom is -0.432 e. The van der Waals surface area contributed by atoms with Crippen LogP contribution in [0.5, 0.6) is 5.75 Å². The number of hydrogen-bond acceptors (Lipinski definition) is 4. The van der Waals surface area contributed by atoms with Gasteiger partial charge in [-0.05, 0) is 33.9 Å². The molecule has 3 N–H and O–H groups in total. The highest BCUT2D eigenvalue weighted by Gasteiger charge is 2.13. The van der Waals surface area contributed by atoms with E-state index in [1.54, 1.807) is 0 Å². The highest BCUT2D eigenvalue weighted by Crippen LogP contribution is 2.29. The van der Waals surface area contributed by atoms with Crippen molar-refractivity contribution in [1.29, 1.82) is 0 Å². The summed E-state index contributed by atoms with van der Waals surface area (Å²) in [6.45, 7) is 2.60. The van der Waals surface area contributed by atoms with Crippen LogP contribution in [0, 0.1) is 5.82 Å². The summed E-state index contributed by atoms with van der Waals surface area (Å²) >= 11 is 0. The van der Waals surface area contributed by atoms with E-state index in [0.717, 1.165) is 25.1 Å². The number of ether oxygens (including phenoxy) is 1. The Morgan fingerprint density at radius 2 is 2.00 bits per heavy atom. The van der Waals surface area contributed by atoms with Crippen molar-refractivity contribution in [1.82, 2.24) is 4.90 Å². The number of rotatable bonds is 8. The average Bonchev–Trinajstić information content (AvgIpc) is 2.38. The fourth-order valence-corrected chi connectivity index (χ4v) is 1.72. The molecule has 0 aliphatic heterocycles. The second-order valence-electron chi connectivity index (χ2n) is 5.10. The molecule has 1 aromatic rings. The van der Waals surface area contributed by atoms with Crippen molar-refractivity contribution in [3.63, 3.8) is 0 Å². The largest absolute Gasteiger partial charge is 0.432 e. The third kappa shape index (κ3) is 5.71. The Morgan fingerprint density at radius 1 is 1.33 bits per heavy atom. The van der Waals surface area contributed by atoms with Gasteiger partial charge in [0.1, 0.15) is 0 Å². The monoisotopic (exact) mass is 305 g/mol. The van der Waals surface area contributed by atoms with Crippen LogP contribution in [0.15, 0.2) is 12.1 Å². The van der Waals surface area contributed by atoms with Gasteiger partial charge in [-0.1, -0.05) is 0 Å². The quantitative estimate of drug-likeness (QED) is 0.572. The van der Waals surface area contributed by atoms with Crippen molar-refractivity contribution in [3.8, 4) is 5.75 Å². The first-order valence-electron chi connectivity index (χ1n) is 6.79. The van der Waals surface area contributed by atoms with Crippen LogP contribution in [0.3, 0.4) is 0 Å². The Kier molecular flexibility index (Phi) is 6.61. The number of halogens is 3. The van der Waals surface area contributed by atoms with E-state index in [4.69, 9.17) is 5.73 Å². The van der Waals surface area contributed by atoms with Crippen molar-refractivity contribution >= 4 is 11.4 Å². The second-order valence-corrected chi connectivity index (χ2v) is 5.10. The minimum atomic E-state index is -3.07. The Labute approximate surface area is 123 Å². The zero-order valence-electron chi connectivity index (χ0n) is 12.5. The molecule has 0 heterocycles. The molecule has 1 aromatic carbocycles. The molecule has 0 fully saturated rings. The van der Waals surface area contributed by atoms with Gasteiger partial charge in [-0.25, -0.2) is 4.39 Å². The first kappa shape index (κ1) is 17.4. The molecule has 0 saturated heterocycles. The Hall–Kier alpha value is -1.63. The molecule has 0 aliphatic carbocycles. The van der Waals surface area contributed by atoms with E-state index in [9.17, 15) is 13.2 Å². The summed E-state index contributed by atoms with van der Waals surface area (Å²) < 4.78 is 41.8. The summed E-state index contributed by atoms with van der Waals surface area (Å²) in [5, 5.41) is 3.00. The summed E-state index contributed by atoms with van der Waals surface area (Å²) in [7, 11) is 2.02. The van der Waals surface area contributed by atoms with Crippen LogP contribution in [0.4, 0.5) is 24.5 Å². The topological polar surface area (TPSA) is 50.5 Å². The summed E-state index contributed by atoms with van der Waals surface area (Å²) in [6.07, 6.45) is 0.844. The standard InChI is InChI=1S/C14H22F3N3O/c1-9(2)20(3)6-4-5-19-12-8-13(21-14(16)17)10(15)7-11(12)18/h7-9,14,19H,4-6,18H2,1-3H3. The molecule has 0 atom stereocenters. The first-order chi connectivity index (χ1) is 9.81. The van der Waals surface area contributed by atoms with Crippen LogP contribution < -0.4 is 15.8 Å². The molecule has 0 aromatic heterocycles. The SMILES string of the molecule is CC(C)N(C)CCCNc1cc(OC(F)F)c(F)cc1N. The zero-order valence-corrected chi connectivity index (χ0v) is 12.5. The third-order valence-corrected chi connectivity index (χ3v) is 3.20. The van der Waals surface area contributed by atoms with Crippen molar-refractivity contribution < 1.29 is 17.9 Å². The number of nitrogens with zero attached hydrogens (tertiary/aromatic N) is 1. The molecule has 0 amide bonds. The maximum Gasteiger partial charge on any atom is 0.387 e. The van der Waals surface area contributed by atoms with Gasteiger partial charge >= 0.3 is 6.61 Å². The lowest BCUT2D eigenvalue weighted by Gasteiger charge is -2.21. The molecule has 4 nitrogen and oxygen atoms in total. The highest BCUT2D eigenvalue weighted by atomic mass is 19.3. The predicted molar refractivity (Wildman–Crippen MR) is 78.3 cm³/mol. The normalized spacial score (nSPS) is 11.5. The number of nitrogen functional groups attached to an aromatic ring is 1. The Morgan fingerprint density at radius 3 is 2.57 bits per heavy atom. The van der Waals surface area contributed by atoms with Gasteiger partial charge in [-0.2, -0.15) is 8.78 Å². The summed E-state index contributed by atoms with van der Waals surface area (Å²) in [5.41, 5.74) is 6.20. The van der Waals surface area contributed by atoms with Gasteiger partial charge in [0.05, 0.1) is 11.4 Å². The number of alkyl halides is 2. The number of anilines is 2. The molecular weight excluding hydrogens is 283 g/mol. The molecule has 0 radical (unpaired) electrons. The van der Waals surface area contributed by atoms with Gasteiger partial charge in [0, 0.05) is 24.7 Å². The lowest BCUT2D eigenvalue weighted by molar-refractivity contribution is -0.0521. The first-order valence-corrected chi connectivity index (χ1v) is 6.79. The number of benzene rings is 1. The van der Waals surface area contributed by atoms with E-state index >= 15 is 0 Å². The lowest BCUT2D eigenvalue weighted by Crippen LogP contribution is -2.28. The van der Waals surface area contributed by atoms with Crippen LogP contribution in [0.2, 0.25) is 0 Å². The number of nitrogens with two attached hydrogens (primary N) is 1. The maximum absolute atomic E-state index is 13.4. The van der Waals surface area contributed by atoms with Gasteiger partial charge in [-0.3, -0.25) is 0 Å². The molecule has 0 saturated carbocycles. The van der Waals surface area contributed by atoms with Crippen LogP contribution in [0.1, 0.15) is 20.3 Å². The number of hydrogen-bond donors (Lipinski definition) is 2. The van der Waals surface area contributed by atoms with E-state index < -0.39 is 18.2 Å². The van der Waals surface area contributed by atoms with Gasteiger partial charge in [-0.15, -0.1) is 0 Å². The minimum absolute atomic E-state index is 0.159. The van der Waals surface area contributed by atoms with Crippen molar-refractivity contribution in [2.75, 3.05) is 31.2 Å².